The second kappa shape index (κ2) is 13.8. The number of hydrogen-bond acceptors (Lipinski definition) is 3. The van der Waals surface area contributed by atoms with Crippen LogP contribution in [0.25, 0.3) is 0 Å². The van der Waals surface area contributed by atoms with Crippen LogP contribution in [0.3, 0.4) is 0 Å². The van der Waals surface area contributed by atoms with Crippen molar-refractivity contribution in [1.29, 1.82) is 0 Å². The summed E-state index contributed by atoms with van der Waals surface area (Å²) in [5, 5.41) is 6.19. The Morgan fingerprint density at radius 1 is 1.29 bits per heavy atom. The first-order valence-electron chi connectivity index (χ1n) is 9.90. The van der Waals surface area contributed by atoms with Crippen molar-refractivity contribution in [2.24, 2.45) is 16.8 Å². The van der Waals surface area contributed by atoms with E-state index in [1.807, 2.05) is 25.2 Å². The summed E-state index contributed by atoms with van der Waals surface area (Å²) in [6.07, 6.45) is 2.69. The molecular formula is C21H35IN4O2. The lowest BCUT2D eigenvalue weighted by Gasteiger charge is -2.34. The van der Waals surface area contributed by atoms with E-state index in [0.717, 1.165) is 38.4 Å². The molecule has 1 aliphatic rings. The van der Waals surface area contributed by atoms with Crippen LogP contribution < -0.4 is 10.6 Å². The molecular weight excluding hydrogens is 467 g/mol. The van der Waals surface area contributed by atoms with E-state index in [4.69, 9.17) is 4.74 Å². The van der Waals surface area contributed by atoms with Gasteiger partial charge in [0, 0.05) is 40.2 Å². The second-order valence-corrected chi connectivity index (χ2v) is 7.34. The van der Waals surface area contributed by atoms with Crippen molar-refractivity contribution in [2.75, 3.05) is 40.3 Å². The van der Waals surface area contributed by atoms with Crippen LogP contribution in [0.4, 0.5) is 0 Å². The van der Waals surface area contributed by atoms with E-state index in [9.17, 15) is 4.79 Å². The number of likely N-dealkylation sites (tertiary alicyclic amines) is 1. The molecule has 1 aliphatic heterocycles. The van der Waals surface area contributed by atoms with Gasteiger partial charge in [0.25, 0.3) is 0 Å². The molecule has 1 heterocycles. The molecule has 2 N–H and O–H groups in total. The predicted molar refractivity (Wildman–Crippen MR) is 125 cm³/mol. The van der Waals surface area contributed by atoms with Gasteiger partial charge in [-0.15, -0.1) is 24.0 Å². The van der Waals surface area contributed by atoms with E-state index < -0.39 is 0 Å². The van der Waals surface area contributed by atoms with Gasteiger partial charge in [0.1, 0.15) is 0 Å². The van der Waals surface area contributed by atoms with Gasteiger partial charge in [-0.2, -0.15) is 0 Å². The molecule has 1 amide bonds. The van der Waals surface area contributed by atoms with Gasteiger partial charge < -0.3 is 20.3 Å². The molecule has 0 saturated carbocycles. The highest BCUT2D eigenvalue weighted by molar-refractivity contribution is 14.0. The molecule has 2 rings (SSSR count). The zero-order valence-corrected chi connectivity index (χ0v) is 19.6. The average molecular weight is 502 g/mol. The second-order valence-electron chi connectivity index (χ2n) is 7.34. The highest BCUT2D eigenvalue weighted by atomic mass is 127. The maximum atomic E-state index is 11.5. The molecule has 158 valence electrons. The molecule has 7 heteroatoms. The first kappa shape index (κ1) is 24.7. The highest BCUT2D eigenvalue weighted by Crippen LogP contribution is 2.20. The predicted octanol–water partition coefficient (Wildman–Crippen LogP) is 2.88. The van der Waals surface area contributed by atoms with Crippen LogP contribution in [0.15, 0.2) is 35.3 Å². The summed E-state index contributed by atoms with van der Waals surface area (Å²) >= 11 is 0. The zero-order valence-electron chi connectivity index (χ0n) is 17.3. The summed E-state index contributed by atoms with van der Waals surface area (Å²) < 4.78 is 5.82. The third kappa shape index (κ3) is 8.77. The number of nitrogens with zero attached hydrogens (tertiary/aromatic N) is 2. The Labute approximate surface area is 186 Å². The number of hydrogen-bond donors (Lipinski definition) is 2. The van der Waals surface area contributed by atoms with Gasteiger partial charge in [-0.1, -0.05) is 37.3 Å². The molecule has 6 nitrogen and oxygen atoms in total. The number of aliphatic imine (C=N–C) groups is 1. The Balaban J connectivity index is 0.00000392. The molecule has 1 fully saturated rings. The standard InChI is InChI=1S/C21H34N4O2.HI/c1-17(15-27-16-19-7-5-4-6-8-19)14-24-21(23-3)25-11-9-18(10-12-25)13-20(26)22-2;/h4-8,17-18H,9-16H2,1-3H3,(H,22,26)(H,23,24);1H. The van der Waals surface area contributed by atoms with Crippen molar-refractivity contribution in [3.63, 3.8) is 0 Å². The minimum atomic E-state index is 0. The van der Waals surface area contributed by atoms with E-state index >= 15 is 0 Å². The molecule has 1 unspecified atom stereocenters. The number of rotatable bonds is 8. The molecule has 1 aromatic carbocycles. The number of amides is 1. The first-order chi connectivity index (χ1) is 13.1. The van der Waals surface area contributed by atoms with E-state index in [0.29, 0.717) is 31.5 Å². The number of piperidine rings is 1. The van der Waals surface area contributed by atoms with Crippen molar-refractivity contribution in [2.45, 2.75) is 32.8 Å². The van der Waals surface area contributed by atoms with Gasteiger partial charge in [-0.25, -0.2) is 0 Å². The van der Waals surface area contributed by atoms with Gasteiger partial charge in [-0.05, 0) is 30.2 Å². The molecule has 0 aliphatic carbocycles. The quantitative estimate of drug-likeness (QED) is 0.326. The van der Waals surface area contributed by atoms with Crippen LogP contribution in [0.5, 0.6) is 0 Å². The van der Waals surface area contributed by atoms with Crippen LogP contribution in [-0.2, 0) is 16.1 Å². The third-order valence-electron chi connectivity index (χ3n) is 5.00. The monoisotopic (exact) mass is 502 g/mol. The van der Waals surface area contributed by atoms with E-state index in [2.05, 4.69) is 39.6 Å². The number of carbonyl (C=O) groups is 1. The maximum absolute atomic E-state index is 11.5. The van der Waals surface area contributed by atoms with Crippen molar-refractivity contribution < 1.29 is 9.53 Å². The van der Waals surface area contributed by atoms with Crippen LogP contribution in [0, 0.1) is 11.8 Å². The Hall–Kier alpha value is -1.35. The smallest absolute Gasteiger partial charge is 0.220 e. The van der Waals surface area contributed by atoms with Crippen molar-refractivity contribution in [1.82, 2.24) is 15.5 Å². The van der Waals surface area contributed by atoms with Crippen molar-refractivity contribution in [3.8, 4) is 0 Å². The van der Waals surface area contributed by atoms with E-state index in [-0.39, 0.29) is 29.9 Å². The molecule has 28 heavy (non-hydrogen) atoms. The van der Waals surface area contributed by atoms with Gasteiger partial charge in [0.2, 0.25) is 5.91 Å². The van der Waals surface area contributed by atoms with Gasteiger partial charge in [0.05, 0.1) is 13.2 Å². The number of benzene rings is 1. The lowest BCUT2D eigenvalue weighted by atomic mass is 9.93. The van der Waals surface area contributed by atoms with Crippen LogP contribution in [0.2, 0.25) is 0 Å². The Kier molecular flexibility index (Phi) is 12.1. The van der Waals surface area contributed by atoms with E-state index in [1.54, 1.807) is 7.05 Å². The van der Waals surface area contributed by atoms with Crippen LogP contribution >= 0.6 is 24.0 Å². The fourth-order valence-electron chi connectivity index (χ4n) is 3.32. The van der Waals surface area contributed by atoms with E-state index in [1.165, 1.54) is 5.56 Å². The van der Waals surface area contributed by atoms with Crippen molar-refractivity contribution >= 4 is 35.8 Å². The Bertz CT molecular complexity index is 589. The topological polar surface area (TPSA) is 66.0 Å². The summed E-state index contributed by atoms with van der Waals surface area (Å²) in [5.41, 5.74) is 1.20. The molecule has 0 spiro atoms. The largest absolute Gasteiger partial charge is 0.376 e. The number of nitrogens with one attached hydrogen (secondary N) is 2. The lowest BCUT2D eigenvalue weighted by Crippen LogP contribution is -2.47. The van der Waals surface area contributed by atoms with Gasteiger partial charge >= 0.3 is 0 Å². The molecule has 0 radical (unpaired) electrons. The summed E-state index contributed by atoms with van der Waals surface area (Å²) in [6.45, 7) is 6.27. The lowest BCUT2D eigenvalue weighted by molar-refractivity contribution is -0.121. The highest BCUT2D eigenvalue weighted by Gasteiger charge is 2.23. The summed E-state index contributed by atoms with van der Waals surface area (Å²) in [7, 11) is 3.53. The molecule has 1 aromatic rings. The fourth-order valence-corrected chi connectivity index (χ4v) is 3.32. The molecule has 1 saturated heterocycles. The third-order valence-corrected chi connectivity index (χ3v) is 5.00. The number of carbonyl (C=O) groups excluding carboxylic acids is 1. The zero-order chi connectivity index (χ0) is 19.5. The minimum absolute atomic E-state index is 0. The summed E-state index contributed by atoms with van der Waals surface area (Å²) in [5.74, 6) is 1.96. The average Bonchev–Trinajstić information content (AvgIpc) is 2.70. The number of ether oxygens (including phenoxy) is 1. The Morgan fingerprint density at radius 3 is 2.57 bits per heavy atom. The summed E-state index contributed by atoms with van der Waals surface area (Å²) in [4.78, 5) is 18.2. The number of guanidine groups is 1. The van der Waals surface area contributed by atoms with Crippen LogP contribution in [-0.4, -0.2) is 57.1 Å². The SMILES string of the molecule is CN=C(NCC(C)COCc1ccccc1)N1CCC(CC(=O)NC)CC1.I. The Morgan fingerprint density at radius 2 is 1.96 bits per heavy atom. The number of halogens is 1. The maximum Gasteiger partial charge on any atom is 0.220 e. The van der Waals surface area contributed by atoms with Crippen LogP contribution in [0.1, 0.15) is 31.7 Å². The molecule has 1 atom stereocenters. The normalized spacial score (nSPS) is 16.2. The van der Waals surface area contributed by atoms with Gasteiger partial charge in [-0.3, -0.25) is 9.79 Å². The van der Waals surface area contributed by atoms with Gasteiger partial charge in [0.15, 0.2) is 5.96 Å². The summed E-state index contributed by atoms with van der Waals surface area (Å²) in [6, 6.07) is 10.2. The molecule has 0 bridgehead atoms. The van der Waals surface area contributed by atoms with Crippen molar-refractivity contribution in [3.05, 3.63) is 35.9 Å². The first-order valence-corrected chi connectivity index (χ1v) is 9.90. The molecule has 0 aromatic heterocycles. The minimum Gasteiger partial charge on any atom is -0.376 e. The fraction of sp³-hybridized carbons (Fsp3) is 0.619.